The van der Waals surface area contributed by atoms with Crippen LogP contribution in [0.3, 0.4) is 0 Å². The third-order valence-electron chi connectivity index (χ3n) is 2.06. The van der Waals surface area contributed by atoms with Gasteiger partial charge in [0.15, 0.2) is 0 Å². The number of aromatic nitrogens is 1. The van der Waals surface area contributed by atoms with E-state index in [1.54, 1.807) is 23.1 Å². The van der Waals surface area contributed by atoms with E-state index in [2.05, 4.69) is 4.98 Å². The molecule has 0 aliphatic rings. The van der Waals surface area contributed by atoms with E-state index in [-0.39, 0.29) is 6.61 Å². The molecule has 0 aliphatic carbocycles. The Morgan fingerprint density at radius 3 is 3.13 bits per heavy atom. The maximum Gasteiger partial charge on any atom is 0.105 e. The van der Waals surface area contributed by atoms with Crippen molar-refractivity contribution in [2.24, 2.45) is 0 Å². The van der Waals surface area contributed by atoms with Gasteiger partial charge in [0, 0.05) is 17.3 Å². The van der Waals surface area contributed by atoms with E-state index >= 15 is 0 Å². The van der Waals surface area contributed by atoms with Gasteiger partial charge in [0.05, 0.1) is 15.9 Å². The molecule has 0 saturated heterocycles. The van der Waals surface area contributed by atoms with Crippen molar-refractivity contribution in [2.75, 3.05) is 18.1 Å². The number of thiazole rings is 1. The Morgan fingerprint density at radius 2 is 2.33 bits per heavy atom. The van der Waals surface area contributed by atoms with Gasteiger partial charge in [0.25, 0.3) is 0 Å². The first kappa shape index (κ1) is 10.7. The number of nitrogen functional groups attached to an aromatic ring is 1. The quantitative estimate of drug-likeness (QED) is 0.489. The Kier molecular flexibility index (Phi) is 3.45. The van der Waals surface area contributed by atoms with Gasteiger partial charge in [-0.25, -0.2) is 4.98 Å². The van der Waals surface area contributed by atoms with E-state index in [4.69, 9.17) is 10.8 Å². The number of hydrogen-bond donors (Lipinski definition) is 2. The summed E-state index contributed by atoms with van der Waals surface area (Å²) in [4.78, 5) is 5.30. The molecule has 1 aromatic heterocycles. The molecule has 0 atom stereocenters. The number of anilines is 1. The second kappa shape index (κ2) is 4.83. The third kappa shape index (κ3) is 2.25. The van der Waals surface area contributed by atoms with Crippen LogP contribution in [0.25, 0.3) is 10.2 Å². The van der Waals surface area contributed by atoms with Crippen LogP contribution >= 0.6 is 23.1 Å². The average molecular weight is 240 g/mol. The van der Waals surface area contributed by atoms with Crippen molar-refractivity contribution in [1.29, 1.82) is 0 Å². The van der Waals surface area contributed by atoms with Crippen LogP contribution in [0.15, 0.2) is 22.5 Å². The summed E-state index contributed by atoms with van der Waals surface area (Å²) in [6.45, 7) is 0.228. The molecule has 2 aromatic rings. The molecule has 0 aliphatic heterocycles. The van der Waals surface area contributed by atoms with Crippen LogP contribution in [0.1, 0.15) is 6.42 Å². The maximum atomic E-state index is 8.70. The maximum absolute atomic E-state index is 8.70. The molecule has 0 unspecified atom stereocenters. The fourth-order valence-corrected chi connectivity index (χ4v) is 2.91. The first-order valence-electron chi connectivity index (χ1n) is 4.68. The summed E-state index contributed by atoms with van der Waals surface area (Å²) < 4.78 is 1.12. The van der Waals surface area contributed by atoms with Crippen LogP contribution in [-0.4, -0.2) is 22.5 Å². The Balaban J connectivity index is 2.23. The molecule has 3 N–H and O–H groups in total. The lowest BCUT2D eigenvalue weighted by Gasteiger charge is -2.04. The molecule has 80 valence electrons. The highest BCUT2D eigenvalue weighted by molar-refractivity contribution is 7.99. The van der Waals surface area contributed by atoms with Gasteiger partial charge in [0.2, 0.25) is 0 Å². The van der Waals surface area contributed by atoms with Crippen LogP contribution in [0.2, 0.25) is 0 Å². The van der Waals surface area contributed by atoms with Crippen molar-refractivity contribution in [3.63, 3.8) is 0 Å². The van der Waals surface area contributed by atoms with E-state index in [0.717, 1.165) is 33.0 Å². The van der Waals surface area contributed by atoms with Crippen molar-refractivity contribution in [2.45, 2.75) is 11.3 Å². The minimum Gasteiger partial charge on any atom is -0.396 e. The highest BCUT2D eigenvalue weighted by Crippen LogP contribution is 2.32. The zero-order chi connectivity index (χ0) is 10.7. The van der Waals surface area contributed by atoms with E-state index in [0.29, 0.717) is 0 Å². The lowest BCUT2D eigenvalue weighted by atomic mass is 10.3. The monoisotopic (exact) mass is 240 g/mol. The Bertz CT molecular complexity index is 456. The smallest absolute Gasteiger partial charge is 0.105 e. The predicted molar refractivity (Wildman–Crippen MR) is 66.5 cm³/mol. The number of aliphatic hydroxyl groups is 1. The lowest BCUT2D eigenvalue weighted by molar-refractivity contribution is 0.296. The first-order chi connectivity index (χ1) is 7.33. The fourth-order valence-electron chi connectivity index (χ4n) is 1.31. The molecule has 0 spiro atoms. The average Bonchev–Trinajstić information content (AvgIpc) is 2.70. The van der Waals surface area contributed by atoms with Crippen molar-refractivity contribution in [3.8, 4) is 0 Å². The van der Waals surface area contributed by atoms with Gasteiger partial charge in [-0.05, 0) is 18.6 Å². The van der Waals surface area contributed by atoms with E-state index in [1.165, 1.54) is 0 Å². The number of nitrogens with zero attached hydrogens (tertiary/aromatic N) is 1. The van der Waals surface area contributed by atoms with Gasteiger partial charge >= 0.3 is 0 Å². The molecule has 2 rings (SSSR count). The molecule has 15 heavy (non-hydrogen) atoms. The summed E-state index contributed by atoms with van der Waals surface area (Å²) in [5, 5.41) is 8.70. The van der Waals surface area contributed by atoms with Crippen molar-refractivity contribution >= 4 is 39.0 Å². The van der Waals surface area contributed by atoms with Gasteiger partial charge in [-0.1, -0.05) is 0 Å². The molecule has 1 aromatic carbocycles. The molecule has 0 bridgehead atoms. The Labute approximate surface area is 96.3 Å². The normalized spacial score (nSPS) is 11.0. The summed E-state index contributed by atoms with van der Waals surface area (Å²) in [5.41, 5.74) is 9.47. The Morgan fingerprint density at radius 1 is 1.47 bits per heavy atom. The summed E-state index contributed by atoms with van der Waals surface area (Å²) >= 11 is 3.27. The van der Waals surface area contributed by atoms with Crippen LogP contribution in [0.4, 0.5) is 5.69 Å². The number of nitrogens with two attached hydrogens (primary N) is 1. The third-order valence-corrected chi connectivity index (χ3v) is 4.02. The second-order valence-corrected chi connectivity index (χ2v) is 5.13. The number of fused-ring (bicyclic) bond motifs is 1. The molecular weight excluding hydrogens is 228 g/mol. The fraction of sp³-hybridized carbons (Fsp3) is 0.300. The van der Waals surface area contributed by atoms with Gasteiger partial charge < -0.3 is 10.8 Å². The molecule has 3 nitrogen and oxygen atoms in total. The number of benzene rings is 1. The first-order valence-corrected chi connectivity index (χ1v) is 6.55. The summed E-state index contributed by atoms with van der Waals surface area (Å²) in [7, 11) is 0. The number of aliphatic hydroxyl groups excluding tert-OH is 1. The molecule has 5 heteroatoms. The largest absolute Gasteiger partial charge is 0.396 e. The summed E-state index contributed by atoms with van der Waals surface area (Å²) in [5.74, 6) is 0.885. The highest BCUT2D eigenvalue weighted by atomic mass is 32.2. The molecule has 1 heterocycles. The van der Waals surface area contributed by atoms with Gasteiger partial charge in [0.1, 0.15) is 5.52 Å². The van der Waals surface area contributed by atoms with Crippen LogP contribution < -0.4 is 5.73 Å². The minimum atomic E-state index is 0.228. The van der Waals surface area contributed by atoms with E-state index in [9.17, 15) is 0 Å². The highest BCUT2D eigenvalue weighted by Gasteiger charge is 2.06. The SMILES string of the molecule is Nc1c(SCCCO)ccc2scnc12. The van der Waals surface area contributed by atoms with Crippen LogP contribution in [-0.2, 0) is 0 Å². The lowest BCUT2D eigenvalue weighted by Crippen LogP contribution is -1.92. The van der Waals surface area contributed by atoms with Crippen LogP contribution in [0.5, 0.6) is 0 Å². The molecular formula is C10H12N2OS2. The van der Waals surface area contributed by atoms with Gasteiger partial charge in [-0.2, -0.15) is 0 Å². The molecule has 0 saturated carbocycles. The Hall–Kier alpha value is -0.780. The minimum absolute atomic E-state index is 0.228. The zero-order valence-electron chi connectivity index (χ0n) is 8.14. The number of hydrogen-bond acceptors (Lipinski definition) is 5. The van der Waals surface area contributed by atoms with E-state index < -0.39 is 0 Å². The van der Waals surface area contributed by atoms with Crippen molar-refractivity contribution in [1.82, 2.24) is 4.98 Å². The van der Waals surface area contributed by atoms with Crippen molar-refractivity contribution in [3.05, 3.63) is 17.6 Å². The van der Waals surface area contributed by atoms with Gasteiger partial charge in [-0.15, -0.1) is 23.1 Å². The second-order valence-electron chi connectivity index (χ2n) is 3.10. The summed E-state index contributed by atoms with van der Waals surface area (Å²) in [6, 6.07) is 4.07. The number of thioether (sulfide) groups is 1. The van der Waals surface area contributed by atoms with Crippen molar-refractivity contribution < 1.29 is 5.11 Å². The van der Waals surface area contributed by atoms with Gasteiger partial charge in [-0.3, -0.25) is 0 Å². The van der Waals surface area contributed by atoms with Crippen LogP contribution in [0, 0.1) is 0 Å². The molecule has 0 radical (unpaired) electrons. The molecule has 0 fully saturated rings. The topological polar surface area (TPSA) is 59.1 Å². The summed E-state index contributed by atoms with van der Waals surface area (Å²) in [6.07, 6.45) is 0.791. The van der Waals surface area contributed by atoms with E-state index in [1.807, 2.05) is 17.6 Å². The number of rotatable bonds is 4. The predicted octanol–water partition coefficient (Wildman–Crippen LogP) is 2.35. The zero-order valence-corrected chi connectivity index (χ0v) is 9.77. The molecule has 0 amide bonds. The standard InChI is InChI=1S/C10H12N2OS2/c11-9-7(14-5-1-4-13)2-3-8-10(9)12-6-15-8/h2-3,6,13H,1,4-5,11H2.